The summed E-state index contributed by atoms with van der Waals surface area (Å²) < 4.78 is 2.26. The standard InChI is InChI=1S/C15H27N3/c1-15(2,3)9-11-18-12-10-16-14(18)17-13-7-5-4-6-8-13/h10,12-13H,4-9,11H2,1-3H3,(H,16,17). The van der Waals surface area contributed by atoms with E-state index in [0.717, 1.165) is 12.5 Å². The zero-order valence-corrected chi connectivity index (χ0v) is 12.1. The van der Waals surface area contributed by atoms with Crippen molar-refractivity contribution < 1.29 is 0 Å². The number of hydrogen-bond acceptors (Lipinski definition) is 2. The van der Waals surface area contributed by atoms with Crippen molar-refractivity contribution in [1.82, 2.24) is 9.55 Å². The Bertz CT molecular complexity index is 356. The van der Waals surface area contributed by atoms with Gasteiger partial charge in [0.25, 0.3) is 0 Å². The smallest absolute Gasteiger partial charge is 0.202 e. The molecule has 0 saturated heterocycles. The molecule has 0 bridgehead atoms. The molecule has 1 aliphatic carbocycles. The van der Waals surface area contributed by atoms with Crippen molar-refractivity contribution in [3.05, 3.63) is 12.4 Å². The minimum absolute atomic E-state index is 0.381. The van der Waals surface area contributed by atoms with E-state index >= 15 is 0 Å². The fourth-order valence-electron chi connectivity index (χ4n) is 2.52. The van der Waals surface area contributed by atoms with Crippen LogP contribution >= 0.6 is 0 Å². The molecule has 0 aromatic carbocycles. The van der Waals surface area contributed by atoms with Crippen LogP contribution in [0.15, 0.2) is 12.4 Å². The van der Waals surface area contributed by atoms with Gasteiger partial charge in [-0.05, 0) is 24.7 Å². The second kappa shape index (κ2) is 5.77. The van der Waals surface area contributed by atoms with Crippen LogP contribution < -0.4 is 5.32 Å². The number of imidazole rings is 1. The summed E-state index contributed by atoms with van der Waals surface area (Å²) in [4.78, 5) is 4.46. The van der Waals surface area contributed by atoms with Crippen LogP contribution in [0.4, 0.5) is 5.95 Å². The van der Waals surface area contributed by atoms with Gasteiger partial charge < -0.3 is 9.88 Å². The van der Waals surface area contributed by atoms with Crippen LogP contribution in [0, 0.1) is 5.41 Å². The molecule has 1 saturated carbocycles. The van der Waals surface area contributed by atoms with Crippen molar-refractivity contribution in [2.75, 3.05) is 5.32 Å². The van der Waals surface area contributed by atoms with Gasteiger partial charge in [-0.25, -0.2) is 4.98 Å². The quantitative estimate of drug-likeness (QED) is 0.872. The average Bonchev–Trinajstić information content (AvgIpc) is 2.74. The van der Waals surface area contributed by atoms with Crippen molar-refractivity contribution in [2.24, 2.45) is 5.41 Å². The van der Waals surface area contributed by atoms with E-state index in [0.29, 0.717) is 11.5 Å². The summed E-state index contributed by atoms with van der Waals surface area (Å²) in [6.07, 6.45) is 11.9. The SMILES string of the molecule is CC(C)(C)CCn1ccnc1NC1CCCCC1. The van der Waals surface area contributed by atoms with Gasteiger partial charge in [0.15, 0.2) is 0 Å². The van der Waals surface area contributed by atoms with Crippen LogP contribution in [-0.2, 0) is 6.54 Å². The zero-order valence-electron chi connectivity index (χ0n) is 12.1. The maximum atomic E-state index is 4.46. The third-order valence-corrected chi connectivity index (χ3v) is 3.76. The molecule has 0 amide bonds. The third-order valence-electron chi connectivity index (χ3n) is 3.76. The molecule has 102 valence electrons. The first-order chi connectivity index (χ1) is 8.54. The van der Waals surface area contributed by atoms with Gasteiger partial charge in [-0.2, -0.15) is 0 Å². The van der Waals surface area contributed by atoms with Crippen molar-refractivity contribution in [2.45, 2.75) is 71.9 Å². The predicted octanol–water partition coefficient (Wildman–Crippen LogP) is 4.06. The van der Waals surface area contributed by atoms with E-state index in [1.54, 1.807) is 0 Å². The molecule has 0 spiro atoms. The van der Waals surface area contributed by atoms with Crippen molar-refractivity contribution in [3.8, 4) is 0 Å². The first-order valence-corrected chi connectivity index (χ1v) is 7.32. The summed E-state index contributed by atoms with van der Waals surface area (Å²) in [5.41, 5.74) is 0.381. The lowest BCUT2D eigenvalue weighted by Crippen LogP contribution is -2.24. The van der Waals surface area contributed by atoms with E-state index in [-0.39, 0.29) is 0 Å². The van der Waals surface area contributed by atoms with Crippen LogP contribution in [-0.4, -0.2) is 15.6 Å². The minimum Gasteiger partial charge on any atom is -0.353 e. The molecule has 1 fully saturated rings. The van der Waals surface area contributed by atoms with Crippen LogP contribution in [0.5, 0.6) is 0 Å². The third kappa shape index (κ3) is 4.04. The van der Waals surface area contributed by atoms with E-state index in [4.69, 9.17) is 0 Å². The Morgan fingerprint density at radius 3 is 2.67 bits per heavy atom. The van der Waals surface area contributed by atoms with Crippen LogP contribution in [0.3, 0.4) is 0 Å². The summed E-state index contributed by atoms with van der Waals surface area (Å²) in [6, 6.07) is 0.634. The highest BCUT2D eigenvalue weighted by Crippen LogP contribution is 2.23. The lowest BCUT2D eigenvalue weighted by Gasteiger charge is -2.24. The lowest BCUT2D eigenvalue weighted by atomic mass is 9.92. The van der Waals surface area contributed by atoms with Gasteiger partial charge in [0.2, 0.25) is 5.95 Å². The molecule has 0 unspecified atom stereocenters. The summed E-state index contributed by atoms with van der Waals surface area (Å²) in [6.45, 7) is 7.92. The molecule has 0 radical (unpaired) electrons. The summed E-state index contributed by atoms with van der Waals surface area (Å²) in [7, 11) is 0. The summed E-state index contributed by atoms with van der Waals surface area (Å²) in [5, 5.41) is 3.62. The number of aromatic nitrogens is 2. The Kier molecular flexibility index (Phi) is 4.31. The van der Waals surface area contributed by atoms with Crippen molar-refractivity contribution >= 4 is 5.95 Å². The largest absolute Gasteiger partial charge is 0.353 e. The second-order valence-electron chi connectivity index (χ2n) is 6.73. The topological polar surface area (TPSA) is 29.9 Å². The monoisotopic (exact) mass is 249 g/mol. The lowest BCUT2D eigenvalue weighted by molar-refractivity contribution is 0.350. The van der Waals surface area contributed by atoms with E-state index in [2.05, 4.69) is 41.8 Å². The minimum atomic E-state index is 0.381. The molecule has 0 aliphatic heterocycles. The van der Waals surface area contributed by atoms with E-state index in [1.165, 1.54) is 38.5 Å². The maximum Gasteiger partial charge on any atom is 0.202 e. The number of nitrogens with zero attached hydrogens (tertiary/aromatic N) is 2. The Morgan fingerprint density at radius 1 is 1.28 bits per heavy atom. The highest BCUT2D eigenvalue weighted by atomic mass is 15.2. The molecule has 3 nitrogen and oxygen atoms in total. The first kappa shape index (κ1) is 13.4. The molecule has 1 aliphatic rings. The van der Waals surface area contributed by atoms with Crippen LogP contribution in [0.1, 0.15) is 59.3 Å². The molecule has 3 heteroatoms. The van der Waals surface area contributed by atoms with Crippen molar-refractivity contribution in [3.63, 3.8) is 0 Å². The number of hydrogen-bond donors (Lipinski definition) is 1. The average molecular weight is 249 g/mol. The van der Waals surface area contributed by atoms with Gasteiger partial charge in [0.1, 0.15) is 0 Å². The summed E-state index contributed by atoms with van der Waals surface area (Å²) in [5.74, 6) is 1.06. The maximum absolute atomic E-state index is 4.46. The van der Waals surface area contributed by atoms with E-state index in [1.807, 2.05) is 6.20 Å². The molecule has 1 N–H and O–H groups in total. The molecule has 1 aromatic heterocycles. The Labute approximate surface area is 111 Å². The Balaban J connectivity index is 1.90. The van der Waals surface area contributed by atoms with Crippen LogP contribution in [0.25, 0.3) is 0 Å². The second-order valence-corrected chi connectivity index (χ2v) is 6.73. The van der Waals surface area contributed by atoms with E-state index < -0.39 is 0 Å². The molecule has 0 atom stereocenters. The molecule has 1 aromatic rings. The van der Waals surface area contributed by atoms with Crippen molar-refractivity contribution in [1.29, 1.82) is 0 Å². The number of aryl methyl sites for hydroxylation is 1. The number of rotatable bonds is 4. The first-order valence-electron chi connectivity index (χ1n) is 7.32. The van der Waals surface area contributed by atoms with Gasteiger partial charge in [-0.3, -0.25) is 0 Å². The predicted molar refractivity (Wildman–Crippen MR) is 76.8 cm³/mol. The van der Waals surface area contributed by atoms with Gasteiger partial charge >= 0.3 is 0 Å². The molecular weight excluding hydrogens is 222 g/mol. The number of nitrogens with one attached hydrogen (secondary N) is 1. The fraction of sp³-hybridized carbons (Fsp3) is 0.800. The van der Waals surface area contributed by atoms with Gasteiger partial charge in [0.05, 0.1) is 0 Å². The van der Waals surface area contributed by atoms with E-state index in [9.17, 15) is 0 Å². The zero-order chi connectivity index (χ0) is 13.0. The highest BCUT2D eigenvalue weighted by molar-refractivity contribution is 5.27. The Morgan fingerprint density at radius 2 is 2.00 bits per heavy atom. The normalized spacial score (nSPS) is 17.9. The van der Waals surface area contributed by atoms with Gasteiger partial charge in [-0.1, -0.05) is 40.0 Å². The molecule has 2 rings (SSSR count). The van der Waals surface area contributed by atoms with Crippen LogP contribution in [0.2, 0.25) is 0 Å². The Hall–Kier alpha value is -0.990. The number of anilines is 1. The molecule has 1 heterocycles. The highest BCUT2D eigenvalue weighted by Gasteiger charge is 2.16. The molecular formula is C15H27N3. The fourth-order valence-corrected chi connectivity index (χ4v) is 2.52. The van der Waals surface area contributed by atoms with Gasteiger partial charge in [0, 0.05) is 25.0 Å². The molecule has 18 heavy (non-hydrogen) atoms. The van der Waals surface area contributed by atoms with Gasteiger partial charge in [-0.15, -0.1) is 0 Å². The summed E-state index contributed by atoms with van der Waals surface area (Å²) >= 11 is 0.